The lowest BCUT2D eigenvalue weighted by atomic mass is 10.1. The van der Waals surface area contributed by atoms with E-state index in [1.165, 1.54) is 6.92 Å². The fourth-order valence-corrected chi connectivity index (χ4v) is 2.84. The lowest BCUT2D eigenvalue weighted by Crippen LogP contribution is -2.16. The van der Waals surface area contributed by atoms with Crippen molar-refractivity contribution in [1.82, 2.24) is 4.98 Å². The molecule has 1 aliphatic carbocycles. The highest BCUT2D eigenvalue weighted by Gasteiger charge is 2.13. The Bertz CT molecular complexity index is 1280. The van der Waals surface area contributed by atoms with Crippen LogP contribution in [0.25, 0.3) is 21.9 Å². The maximum Gasteiger partial charge on any atom is 0.231 e. The molecule has 2 aliphatic rings. The van der Waals surface area contributed by atoms with Crippen LogP contribution < -0.4 is 10.9 Å². The van der Waals surface area contributed by atoms with E-state index >= 15 is 0 Å². The average molecular weight is 305 g/mol. The molecule has 1 N–H and O–H groups in total. The van der Waals surface area contributed by atoms with Gasteiger partial charge in [0.25, 0.3) is 0 Å². The Kier molecular flexibility index (Phi) is 2.72. The third-order valence-electron chi connectivity index (χ3n) is 3.94. The summed E-state index contributed by atoms with van der Waals surface area (Å²) in [5.41, 5.74) is 0.493. The summed E-state index contributed by atoms with van der Waals surface area (Å²) in [6.07, 6.45) is 0. The number of hydrogen-bond acceptors (Lipinski definition) is 4. The van der Waals surface area contributed by atoms with E-state index in [0.717, 1.165) is 0 Å². The van der Waals surface area contributed by atoms with Crippen molar-refractivity contribution in [2.75, 3.05) is 0 Å². The Labute approximate surface area is 128 Å². The van der Waals surface area contributed by atoms with E-state index in [-0.39, 0.29) is 27.4 Å². The quantitative estimate of drug-likeness (QED) is 0.548. The number of nitrogens with one attached hydrogen (secondary N) is 1. The van der Waals surface area contributed by atoms with Crippen LogP contribution in [0.1, 0.15) is 17.3 Å². The van der Waals surface area contributed by atoms with Crippen molar-refractivity contribution in [2.45, 2.75) is 6.92 Å². The van der Waals surface area contributed by atoms with Crippen LogP contribution in [0.5, 0.6) is 0 Å². The van der Waals surface area contributed by atoms with Crippen molar-refractivity contribution in [3.8, 4) is 0 Å². The van der Waals surface area contributed by atoms with Gasteiger partial charge in [-0.25, -0.2) is 0 Å². The number of Topliss-reactive ketones (excluding diaryl/α,β-unsaturated/α-hetero) is 1. The number of H-pyrrole nitrogens is 1. The molecule has 0 aromatic heterocycles. The smallest absolute Gasteiger partial charge is 0.231 e. The van der Waals surface area contributed by atoms with Crippen LogP contribution in [0, 0.1) is 10.8 Å². The van der Waals surface area contributed by atoms with Gasteiger partial charge in [-0.15, -0.1) is 0 Å². The molecule has 1 aliphatic heterocycles. The van der Waals surface area contributed by atoms with Crippen molar-refractivity contribution < 1.29 is 9.21 Å². The monoisotopic (exact) mass is 305 g/mol. The van der Waals surface area contributed by atoms with E-state index in [1.54, 1.807) is 42.5 Å². The van der Waals surface area contributed by atoms with Gasteiger partial charge in [0.05, 0.1) is 5.52 Å². The molecule has 0 unspecified atom stereocenters. The lowest BCUT2D eigenvalue weighted by Gasteiger charge is -2.04. The second kappa shape index (κ2) is 4.64. The fourth-order valence-electron chi connectivity index (χ4n) is 2.84. The first kappa shape index (κ1) is 13.5. The topological polar surface area (TPSA) is 80.1 Å². The summed E-state index contributed by atoms with van der Waals surface area (Å²) in [4.78, 5) is 39.9. The Morgan fingerprint density at radius 2 is 1.65 bits per heavy atom. The van der Waals surface area contributed by atoms with Gasteiger partial charge >= 0.3 is 0 Å². The average Bonchev–Trinajstić information content (AvgIpc) is 2.57. The number of carbonyl (C=O) groups is 1. The van der Waals surface area contributed by atoms with E-state index in [2.05, 4.69) is 4.98 Å². The molecule has 0 bridgehead atoms. The fraction of sp³-hybridized carbons (Fsp3) is 0.0556. The number of hydrogen-bond donors (Lipinski definition) is 1. The Hall–Kier alpha value is -3.21. The molecular formula is C18H11NO4. The molecule has 0 saturated heterocycles. The molecule has 5 nitrogen and oxygen atoms in total. The predicted octanol–water partition coefficient (Wildman–Crippen LogP) is 2.56. The standard InChI is InChI=1S/C18H11NO4/c1-9(20)10-7-4-8-13-14(10)19-15-16(21)11-5-2-3-6-12(11)17(22)18(15)23-13/h2-8,19H,1H3. The Balaban J connectivity index is 2.37. The van der Waals surface area contributed by atoms with Crippen LogP contribution in [0.4, 0.5) is 0 Å². The molecule has 23 heavy (non-hydrogen) atoms. The van der Waals surface area contributed by atoms with Gasteiger partial charge in [-0.05, 0) is 19.1 Å². The second-order valence-corrected chi connectivity index (χ2v) is 5.37. The number of aromatic amines is 1. The van der Waals surface area contributed by atoms with Crippen LogP contribution in [-0.4, -0.2) is 10.8 Å². The van der Waals surface area contributed by atoms with Crippen LogP contribution in [-0.2, 0) is 0 Å². The summed E-state index contributed by atoms with van der Waals surface area (Å²) in [6.45, 7) is 1.43. The number of fused-ring (bicyclic) bond motifs is 2. The SMILES string of the molecule is CC(=O)c1cccc2oc3c(=O)c4ccccc4c(=O)c=3[nH]c12. The van der Waals surface area contributed by atoms with E-state index in [4.69, 9.17) is 4.42 Å². The first-order valence-corrected chi connectivity index (χ1v) is 7.09. The predicted molar refractivity (Wildman–Crippen MR) is 85.9 cm³/mol. The van der Waals surface area contributed by atoms with Crippen LogP contribution in [0.2, 0.25) is 0 Å². The van der Waals surface area contributed by atoms with E-state index in [1.807, 2.05) is 0 Å². The van der Waals surface area contributed by atoms with Gasteiger partial charge in [0, 0.05) is 16.3 Å². The summed E-state index contributed by atoms with van der Waals surface area (Å²) in [7, 11) is 0. The maximum atomic E-state index is 12.6. The highest BCUT2D eigenvalue weighted by molar-refractivity contribution is 6.04. The molecular weight excluding hydrogens is 294 g/mol. The maximum absolute atomic E-state index is 12.6. The zero-order chi connectivity index (χ0) is 16.1. The molecule has 2 aromatic rings. The van der Waals surface area contributed by atoms with Gasteiger partial charge in [0.2, 0.25) is 16.3 Å². The van der Waals surface area contributed by atoms with Crippen molar-refractivity contribution in [1.29, 1.82) is 0 Å². The molecule has 5 heteroatoms. The Morgan fingerprint density at radius 1 is 0.957 bits per heavy atom. The lowest BCUT2D eigenvalue weighted by molar-refractivity contribution is 0.101. The zero-order valence-corrected chi connectivity index (χ0v) is 12.2. The van der Waals surface area contributed by atoms with Gasteiger partial charge in [-0.3, -0.25) is 14.4 Å². The van der Waals surface area contributed by atoms with Crippen LogP contribution in [0.3, 0.4) is 0 Å². The first-order valence-electron chi connectivity index (χ1n) is 7.09. The normalized spacial score (nSPS) is 11.3. The number of rotatable bonds is 1. The minimum Gasteiger partial charge on any atom is -0.449 e. The first-order chi connectivity index (χ1) is 11.1. The number of ketones is 1. The minimum atomic E-state index is -0.346. The highest BCUT2D eigenvalue weighted by Crippen LogP contribution is 2.17. The Morgan fingerprint density at radius 3 is 2.35 bits per heavy atom. The molecule has 0 saturated carbocycles. The summed E-state index contributed by atoms with van der Waals surface area (Å²) >= 11 is 0. The number of carbonyl (C=O) groups excluding carboxylic acids is 1. The van der Waals surface area contributed by atoms with Gasteiger partial charge in [0.15, 0.2) is 11.4 Å². The third kappa shape index (κ3) is 1.83. The molecule has 0 atom stereocenters. The van der Waals surface area contributed by atoms with E-state index in [9.17, 15) is 14.4 Å². The van der Waals surface area contributed by atoms with Crippen molar-refractivity contribution >= 4 is 27.7 Å². The van der Waals surface area contributed by atoms with Crippen molar-refractivity contribution in [3.63, 3.8) is 0 Å². The largest absolute Gasteiger partial charge is 0.449 e. The minimum absolute atomic E-state index is 0.0260. The van der Waals surface area contributed by atoms with E-state index < -0.39 is 0 Å². The number of benzene rings is 2. The molecule has 2 aromatic carbocycles. The van der Waals surface area contributed by atoms with Gasteiger partial charge < -0.3 is 9.40 Å². The van der Waals surface area contributed by atoms with Gasteiger partial charge in [0.1, 0.15) is 5.35 Å². The molecule has 1 heterocycles. The second-order valence-electron chi connectivity index (χ2n) is 5.37. The van der Waals surface area contributed by atoms with Crippen LogP contribution in [0.15, 0.2) is 56.5 Å². The van der Waals surface area contributed by atoms with E-state index in [0.29, 0.717) is 27.4 Å². The van der Waals surface area contributed by atoms with Gasteiger partial charge in [-0.2, -0.15) is 0 Å². The summed E-state index contributed by atoms with van der Waals surface area (Å²) in [6, 6.07) is 11.6. The number of para-hydroxylation sites is 1. The molecule has 112 valence electrons. The van der Waals surface area contributed by atoms with Crippen molar-refractivity contribution in [2.24, 2.45) is 0 Å². The highest BCUT2D eigenvalue weighted by atomic mass is 16.3. The summed E-state index contributed by atoms with van der Waals surface area (Å²) in [5.74, 6) is -0.156. The van der Waals surface area contributed by atoms with Crippen molar-refractivity contribution in [3.05, 3.63) is 79.2 Å². The summed E-state index contributed by atoms with van der Waals surface area (Å²) < 4.78 is 5.66. The van der Waals surface area contributed by atoms with Crippen LogP contribution >= 0.6 is 0 Å². The zero-order valence-electron chi connectivity index (χ0n) is 12.2. The molecule has 0 spiro atoms. The molecule has 0 fully saturated rings. The molecule has 4 rings (SSSR count). The third-order valence-corrected chi connectivity index (χ3v) is 3.94. The molecule has 0 amide bonds. The number of aromatic nitrogens is 1. The summed E-state index contributed by atoms with van der Waals surface area (Å²) in [5, 5.41) is 0.732. The molecule has 0 radical (unpaired) electrons. The van der Waals surface area contributed by atoms with Gasteiger partial charge in [-0.1, -0.05) is 30.3 Å².